The average molecular weight is 639 g/mol. The van der Waals surface area contributed by atoms with Gasteiger partial charge >= 0.3 is 11.8 Å². The maximum absolute atomic E-state index is 14.9. The molecular formula is C29H28F2N8O5S. The molecule has 1 aromatic carbocycles. The van der Waals surface area contributed by atoms with Crippen LogP contribution in [0, 0.1) is 11.6 Å². The van der Waals surface area contributed by atoms with Crippen molar-refractivity contribution in [2.75, 3.05) is 19.9 Å². The highest BCUT2D eigenvalue weighted by molar-refractivity contribution is 7.22. The second-order valence-electron chi connectivity index (χ2n) is 10.9. The molecule has 0 saturated heterocycles. The van der Waals surface area contributed by atoms with Crippen LogP contribution in [0.2, 0.25) is 0 Å². The fourth-order valence-corrected chi connectivity index (χ4v) is 5.75. The van der Waals surface area contributed by atoms with Gasteiger partial charge in [-0.2, -0.15) is 0 Å². The molecule has 16 heteroatoms. The van der Waals surface area contributed by atoms with Gasteiger partial charge in [0.1, 0.15) is 22.1 Å². The minimum absolute atomic E-state index is 0.000318. The molecule has 5 rings (SSSR count). The molecule has 2 N–H and O–H groups in total. The van der Waals surface area contributed by atoms with Crippen molar-refractivity contribution in [3.63, 3.8) is 0 Å². The molecule has 0 aliphatic heterocycles. The van der Waals surface area contributed by atoms with Crippen LogP contribution in [-0.2, 0) is 17.8 Å². The summed E-state index contributed by atoms with van der Waals surface area (Å²) < 4.78 is 42.2. The van der Waals surface area contributed by atoms with Crippen LogP contribution in [0.5, 0.6) is 5.88 Å². The van der Waals surface area contributed by atoms with E-state index in [2.05, 4.69) is 20.2 Å². The standard InChI is InChI=1S/C29H28F2N8O5S/c1-29(2,3)44-28(42)37(4)13-17-22-24(40)39(20-9-10-21(43-5)36-35-20)27(41)38(14-16-18(30)7-6-8-19(16)31)25(22)45-23(17)15-11-33-26(32)34-12-15/h6-12H,13-14H2,1-5H3,(H2,32,33,34). The molecule has 0 unspecified atom stereocenters. The fraction of sp³-hybridized carbons (Fsp3) is 0.276. The monoisotopic (exact) mass is 638 g/mol. The predicted octanol–water partition coefficient (Wildman–Crippen LogP) is 3.75. The Balaban J connectivity index is 1.85. The summed E-state index contributed by atoms with van der Waals surface area (Å²) in [5.74, 6) is -1.80. The number of nitrogen functional groups attached to an aromatic ring is 1. The Labute approximate surface area is 258 Å². The normalized spacial score (nSPS) is 11.5. The molecule has 1 amide bonds. The summed E-state index contributed by atoms with van der Waals surface area (Å²) in [6, 6.07) is 6.09. The maximum atomic E-state index is 14.9. The second kappa shape index (κ2) is 12.0. The molecule has 234 valence electrons. The van der Waals surface area contributed by atoms with E-state index in [0.717, 1.165) is 32.6 Å². The molecule has 0 saturated carbocycles. The van der Waals surface area contributed by atoms with Gasteiger partial charge in [0.15, 0.2) is 5.82 Å². The van der Waals surface area contributed by atoms with Gasteiger partial charge in [-0.15, -0.1) is 21.5 Å². The van der Waals surface area contributed by atoms with Crippen molar-refractivity contribution in [3.05, 3.63) is 86.3 Å². The summed E-state index contributed by atoms with van der Waals surface area (Å²) >= 11 is 0.995. The van der Waals surface area contributed by atoms with Crippen LogP contribution in [0.25, 0.3) is 26.5 Å². The van der Waals surface area contributed by atoms with Crippen LogP contribution in [0.4, 0.5) is 19.5 Å². The predicted molar refractivity (Wildman–Crippen MR) is 162 cm³/mol. The number of nitrogens with zero attached hydrogens (tertiary/aromatic N) is 7. The highest BCUT2D eigenvalue weighted by atomic mass is 32.1. The topological polar surface area (TPSA) is 160 Å². The van der Waals surface area contributed by atoms with Crippen LogP contribution in [0.15, 0.2) is 52.3 Å². The highest BCUT2D eigenvalue weighted by Gasteiger charge is 2.28. The van der Waals surface area contributed by atoms with Crippen molar-refractivity contribution in [2.45, 2.75) is 39.5 Å². The first kappa shape index (κ1) is 31.2. The summed E-state index contributed by atoms with van der Waals surface area (Å²) in [5, 5.41) is 7.84. The molecule has 0 atom stereocenters. The number of nitrogens with two attached hydrogens (primary N) is 1. The fourth-order valence-electron chi connectivity index (χ4n) is 4.47. The van der Waals surface area contributed by atoms with Crippen molar-refractivity contribution in [1.82, 2.24) is 34.2 Å². The SMILES string of the molecule is COc1ccc(-n2c(=O)c3c(CN(C)C(=O)OC(C)(C)C)c(-c4cnc(N)nc4)sc3n(Cc3c(F)cccc3F)c2=O)nn1. The zero-order valence-electron chi connectivity index (χ0n) is 24.9. The molecular weight excluding hydrogens is 610 g/mol. The number of methoxy groups -OCH3 is 1. The number of ether oxygens (including phenoxy) is 2. The van der Waals surface area contributed by atoms with Crippen LogP contribution in [0.3, 0.4) is 0 Å². The molecule has 5 aromatic rings. The molecule has 0 spiro atoms. The van der Waals surface area contributed by atoms with Gasteiger partial charge in [-0.3, -0.25) is 9.36 Å². The minimum Gasteiger partial charge on any atom is -0.480 e. The number of anilines is 1. The van der Waals surface area contributed by atoms with E-state index < -0.39 is 46.7 Å². The molecule has 45 heavy (non-hydrogen) atoms. The number of carbonyl (C=O) groups excluding carboxylic acids is 1. The Morgan fingerprint density at radius 2 is 1.71 bits per heavy atom. The molecule has 0 aliphatic carbocycles. The summed E-state index contributed by atoms with van der Waals surface area (Å²) in [7, 11) is 2.86. The van der Waals surface area contributed by atoms with E-state index in [1.807, 2.05) is 0 Å². The van der Waals surface area contributed by atoms with Gasteiger partial charge in [0.25, 0.3) is 5.56 Å². The second-order valence-corrected chi connectivity index (χ2v) is 11.9. The maximum Gasteiger partial charge on any atom is 0.410 e. The van der Waals surface area contributed by atoms with Crippen molar-refractivity contribution in [1.29, 1.82) is 0 Å². The summed E-state index contributed by atoms with van der Waals surface area (Å²) in [6.07, 6.45) is 2.18. The van der Waals surface area contributed by atoms with E-state index in [-0.39, 0.29) is 34.4 Å². The largest absolute Gasteiger partial charge is 0.480 e. The Morgan fingerprint density at radius 1 is 1.04 bits per heavy atom. The van der Waals surface area contributed by atoms with Gasteiger partial charge in [-0.1, -0.05) is 6.07 Å². The number of halogens is 2. The lowest BCUT2D eigenvalue weighted by Crippen LogP contribution is -2.40. The van der Waals surface area contributed by atoms with E-state index in [0.29, 0.717) is 16.0 Å². The molecule has 0 radical (unpaired) electrons. The van der Waals surface area contributed by atoms with Gasteiger partial charge in [0, 0.05) is 47.1 Å². The number of rotatable bonds is 7. The third kappa shape index (κ3) is 6.22. The number of hydrogen-bond acceptors (Lipinski definition) is 11. The summed E-state index contributed by atoms with van der Waals surface area (Å²) in [5.41, 5.74) is 3.50. The van der Waals surface area contributed by atoms with Gasteiger partial charge in [-0.25, -0.2) is 32.9 Å². The van der Waals surface area contributed by atoms with Crippen molar-refractivity contribution < 1.29 is 23.0 Å². The van der Waals surface area contributed by atoms with E-state index in [4.69, 9.17) is 15.2 Å². The number of hydrogen-bond donors (Lipinski definition) is 1. The molecule has 13 nitrogen and oxygen atoms in total. The third-order valence-corrected chi connectivity index (χ3v) is 7.85. The van der Waals surface area contributed by atoms with Crippen molar-refractivity contribution in [2.24, 2.45) is 0 Å². The quantitative estimate of drug-likeness (QED) is 0.278. The van der Waals surface area contributed by atoms with Crippen LogP contribution in [-0.4, -0.2) is 60.1 Å². The molecule has 0 fully saturated rings. The lowest BCUT2D eigenvalue weighted by Gasteiger charge is -2.25. The van der Waals surface area contributed by atoms with Crippen molar-refractivity contribution >= 4 is 33.6 Å². The van der Waals surface area contributed by atoms with Gasteiger partial charge < -0.3 is 20.1 Å². The number of amides is 1. The Kier molecular flexibility index (Phi) is 8.34. The van der Waals surface area contributed by atoms with E-state index >= 15 is 0 Å². The van der Waals surface area contributed by atoms with E-state index in [1.54, 1.807) is 20.8 Å². The average Bonchev–Trinajstić information content (AvgIpc) is 3.35. The first-order chi connectivity index (χ1) is 21.3. The molecule has 4 aromatic heterocycles. The van der Waals surface area contributed by atoms with Crippen molar-refractivity contribution in [3.8, 4) is 22.1 Å². The van der Waals surface area contributed by atoms with Crippen LogP contribution >= 0.6 is 11.3 Å². The zero-order chi connectivity index (χ0) is 32.6. The van der Waals surface area contributed by atoms with Crippen LogP contribution in [0.1, 0.15) is 31.9 Å². The van der Waals surface area contributed by atoms with Gasteiger partial charge in [0.2, 0.25) is 11.8 Å². The van der Waals surface area contributed by atoms with Gasteiger partial charge in [0.05, 0.1) is 25.6 Å². The Bertz CT molecular complexity index is 2000. The number of benzene rings is 1. The number of aromatic nitrogens is 6. The summed E-state index contributed by atoms with van der Waals surface area (Å²) in [6.45, 7) is 4.41. The van der Waals surface area contributed by atoms with E-state index in [9.17, 15) is 23.2 Å². The highest BCUT2D eigenvalue weighted by Crippen LogP contribution is 2.38. The Morgan fingerprint density at radius 3 is 2.29 bits per heavy atom. The summed E-state index contributed by atoms with van der Waals surface area (Å²) in [4.78, 5) is 51.2. The smallest absolute Gasteiger partial charge is 0.410 e. The number of thiophene rings is 1. The molecule has 4 heterocycles. The Hall–Kier alpha value is -5.25. The molecule has 0 aliphatic rings. The van der Waals surface area contributed by atoms with Gasteiger partial charge in [-0.05, 0) is 39.0 Å². The third-order valence-electron chi connectivity index (χ3n) is 6.55. The lowest BCUT2D eigenvalue weighted by molar-refractivity contribution is 0.0286. The molecule has 0 bridgehead atoms. The number of carbonyl (C=O) groups is 1. The lowest BCUT2D eigenvalue weighted by atomic mass is 10.1. The zero-order valence-corrected chi connectivity index (χ0v) is 25.7. The van der Waals surface area contributed by atoms with E-state index in [1.165, 1.54) is 49.7 Å². The minimum atomic E-state index is -0.928. The number of fused-ring (bicyclic) bond motifs is 1. The van der Waals surface area contributed by atoms with Crippen LogP contribution < -0.4 is 21.7 Å². The first-order valence-corrected chi connectivity index (χ1v) is 14.2. The first-order valence-electron chi connectivity index (χ1n) is 13.4.